The molecule has 0 saturated carbocycles. The van der Waals surface area contributed by atoms with Gasteiger partial charge in [0.2, 0.25) is 0 Å². The highest BCUT2D eigenvalue weighted by Gasteiger charge is 2.17. The highest BCUT2D eigenvalue weighted by Crippen LogP contribution is 2.27. The van der Waals surface area contributed by atoms with E-state index in [4.69, 9.17) is 4.74 Å². The molecule has 1 aromatic carbocycles. The van der Waals surface area contributed by atoms with Crippen molar-refractivity contribution in [2.75, 3.05) is 11.9 Å². The van der Waals surface area contributed by atoms with E-state index >= 15 is 0 Å². The maximum Gasteiger partial charge on any atom is 0.121 e. The lowest BCUT2D eigenvalue weighted by Gasteiger charge is -2.13. The van der Waals surface area contributed by atoms with Gasteiger partial charge in [-0.3, -0.25) is 0 Å². The molecule has 4 heteroatoms. The van der Waals surface area contributed by atoms with E-state index in [1.807, 2.05) is 24.4 Å². The molecule has 0 unspecified atom stereocenters. The maximum atomic E-state index is 5.65. The summed E-state index contributed by atoms with van der Waals surface area (Å²) in [7, 11) is 0. The second kappa shape index (κ2) is 6.94. The number of ether oxygens (including phenoxy) is 1. The molecule has 114 valence electrons. The van der Waals surface area contributed by atoms with Crippen LogP contribution in [0.4, 0.5) is 5.69 Å². The monoisotopic (exact) mass is 304 g/mol. The van der Waals surface area contributed by atoms with E-state index < -0.39 is 0 Å². The van der Waals surface area contributed by atoms with E-state index in [2.05, 4.69) is 44.1 Å². The molecule has 0 spiro atoms. The van der Waals surface area contributed by atoms with Gasteiger partial charge in [-0.1, -0.05) is 33.8 Å². The van der Waals surface area contributed by atoms with Gasteiger partial charge in [0.15, 0.2) is 0 Å². The minimum absolute atomic E-state index is 0.122. The van der Waals surface area contributed by atoms with Crippen molar-refractivity contribution in [3.05, 3.63) is 40.3 Å². The summed E-state index contributed by atoms with van der Waals surface area (Å²) in [5, 5.41) is 4.61. The molecule has 0 bridgehead atoms. The Labute approximate surface area is 131 Å². The van der Waals surface area contributed by atoms with Crippen LogP contribution in [0.25, 0.3) is 0 Å². The van der Waals surface area contributed by atoms with Gasteiger partial charge in [-0.25, -0.2) is 4.98 Å². The summed E-state index contributed by atoms with van der Waals surface area (Å²) in [5.41, 5.74) is 1.20. The molecule has 0 fully saturated rings. The van der Waals surface area contributed by atoms with Crippen LogP contribution >= 0.6 is 11.3 Å². The van der Waals surface area contributed by atoms with Crippen LogP contribution in [0.15, 0.2) is 30.5 Å². The molecule has 0 amide bonds. The average molecular weight is 304 g/mol. The van der Waals surface area contributed by atoms with Gasteiger partial charge in [0.05, 0.1) is 18.2 Å². The summed E-state index contributed by atoms with van der Waals surface area (Å²) < 4.78 is 5.65. The Hall–Kier alpha value is -1.55. The van der Waals surface area contributed by atoms with Gasteiger partial charge in [0.25, 0.3) is 0 Å². The second-order valence-corrected chi connectivity index (χ2v) is 7.23. The lowest BCUT2D eigenvalue weighted by molar-refractivity contribution is 0.317. The molecular formula is C17H24N2OS. The van der Waals surface area contributed by atoms with Crippen molar-refractivity contribution in [2.45, 2.75) is 46.1 Å². The van der Waals surface area contributed by atoms with Crippen LogP contribution in [-0.2, 0) is 12.0 Å². The van der Waals surface area contributed by atoms with Crippen LogP contribution in [-0.4, -0.2) is 11.6 Å². The molecule has 0 aliphatic heterocycles. The largest absolute Gasteiger partial charge is 0.494 e. The lowest BCUT2D eigenvalue weighted by atomic mass is 9.98. The van der Waals surface area contributed by atoms with Gasteiger partial charge in [-0.2, -0.15) is 0 Å². The van der Waals surface area contributed by atoms with Crippen LogP contribution in [0.3, 0.4) is 0 Å². The Morgan fingerprint density at radius 1 is 1.29 bits per heavy atom. The van der Waals surface area contributed by atoms with Crippen molar-refractivity contribution >= 4 is 17.0 Å². The number of thiazole rings is 1. The fraction of sp³-hybridized carbons (Fsp3) is 0.471. The molecule has 2 rings (SSSR count). The number of nitrogens with one attached hydrogen (secondary N) is 1. The van der Waals surface area contributed by atoms with Crippen molar-refractivity contribution < 1.29 is 4.74 Å². The van der Waals surface area contributed by atoms with Gasteiger partial charge >= 0.3 is 0 Å². The summed E-state index contributed by atoms with van der Waals surface area (Å²) in [6.07, 6.45) is 2.99. The highest BCUT2D eigenvalue weighted by atomic mass is 32.1. The molecular weight excluding hydrogens is 280 g/mol. The zero-order valence-corrected chi connectivity index (χ0v) is 14.1. The number of aromatic nitrogens is 1. The minimum Gasteiger partial charge on any atom is -0.494 e. The van der Waals surface area contributed by atoms with Crippen LogP contribution in [0.2, 0.25) is 0 Å². The highest BCUT2D eigenvalue weighted by molar-refractivity contribution is 7.11. The van der Waals surface area contributed by atoms with E-state index in [0.29, 0.717) is 0 Å². The average Bonchev–Trinajstić information content (AvgIpc) is 2.92. The molecule has 1 aromatic heterocycles. The SMILES string of the molecule is CCCOc1cccc(NCc2cnc(C(C)(C)C)s2)c1. The molecule has 1 N–H and O–H groups in total. The van der Waals surface area contributed by atoms with Crippen molar-refractivity contribution in [3.63, 3.8) is 0 Å². The zero-order chi connectivity index (χ0) is 15.3. The smallest absolute Gasteiger partial charge is 0.121 e. The predicted molar refractivity (Wildman–Crippen MR) is 90.4 cm³/mol. The third-order valence-corrected chi connectivity index (χ3v) is 4.39. The van der Waals surface area contributed by atoms with Crippen LogP contribution < -0.4 is 10.1 Å². The van der Waals surface area contributed by atoms with Gasteiger partial charge < -0.3 is 10.1 Å². The van der Waals surface area contributed by atoms with Crippen molar-refractivity contribution in [3.8, 4) is 5.75 Å². The number of benzene rings is 1. The third-order valence-electron chi connectivity index (χ3n) is 2.97. The quantitative estimate of drug-likeness (QED) is 0.829. The Morgan fingerprint density at radius 3 is 2.76 bits per heavy atom. The topological polar surface area (TPSA) is 34.1 Å². The Bertz CT molecular complexity index is 572. The summed E-state index contributed by atoms with van der Waals surface area (Å²) in [4.78, 5) is 5.76. The Morgan fingerprint density at radius 2 is 2.10 bits per heavy atom. The summed E-state index contributed by atoms with van der Waals surface area (Å²) in [5.74, 6) is 0.918. The molecule has 2 aromatic rings. The summed E-state index contributed by atoms with van der Waals surface area (Å²) >= 11 is 1.77. The summed E-state index contributed by atoms with van der Waals surface area (Å²) in [6, 6.07) is 8.11. The normalized spacial score (nSPS) is 11.4. The fourth-order valence-corrected chi connectivity index (χ4v) is 2.75. The first-order chi connectivity index (χ1) is 9.99. The van der Waals surface area contributed by atoms with Gasteiger partial charge in [-0.05, 0) is 18.6 Å². The number of anilines is 1. The standard InChI is InChI=1S/C17H24N2OS/c1-5-9-20-14-8-6-7-13(10-14)18-11-15-12-19-16(21-15)17(2,3)4/h6-8,10,12,18H,5,9,11H2,1-4H3. The molecule has 0 aliphatic rings. The van der Waals surface area contributed by atoms with Gasteiger partial charge in [0, 0.05) is 28.2 Å². The number of hydrogen-bond donors (Lipinski definition) is 1. The number of hydrogen-bond acceptors (Lipinski definition) is 4. The van der Waals surface area contributed by atoms with Gasteiger partial charge in [0.1, 0.15) is 5.75 Å². The zero-order valence-electron chi connectivity index (χ0n) is 13.3. The Kier molecular flexibility index (Phi) is 5.23. The maximum absolute atomic E-state index is 5.65. The van der Waals surface area contributed by atoms with Crippen molar-refractivity contribution in [1.29, 1.82) is 0 Å². The van der Waals surface area contributed by atoms with E-state index in [0.717, 1.165) is 31.0 Å². The fourth-order valence-electron chi connectivity index (χ4n) is 1.84. The molecule has 0 atom stereocenters. The van der Waals surface area contributed by atoms with Crippen LogP contribution in [0.1, 0.15) is 44.0 Å². The minimum atomic E-state index is 0.122. The molecule has 1 heterocycles. The molecule has 0 radical (unpaired) electrons. The van der Waals surface area contributed by atoms with Crippen LogP contribution in [0.5, 0.6) is 5.75 Å². The first-order valence-corrected chi connectivity index (χ1v) is 8.22. The second-order valence-electron chi connectivity index (χ2n) is 6.11. The van der Waals surface area contributed by atoms with Crippen LogP contribution in [0, 0.1) is 0 Å². The third kappa shape index (κ3) is 4.74. The molecule has 21 heavy (non-hydrogen) atoms. The van der Waals surface area contributed by atoms with E-state index in [1.54, 1.807) is 11.3 Å². The first-order valence-electron chi connectivity index (χ1n) is 7.41. The molecule has 3 nitrogen and oxygen atoms in total. The molecule has 0 saturated heterocycles. The van der Waals surface area contributed by atoms with Crippen molar-refractivity contribution in [2.24, 2.45) is 0 Å². The predicted octanol–water partition coefficient (Wildman–Crippen LogP) is 4.84. The van der Waals surface area contributed by atoms with E-state index in [9.17, 15) is 0 Å². The summed E-state index contributed by atoms with van der Waals surface area (Å²) in [6.45, 7) is 10.2. The number of nitrogens with zero attached hydrogens (tertiary/aromatic N) is 1. The first kappa shape index (κ1) is 15.8. The molecule has 0 aliphatic carbocycles. The number of rotatable bonds is 6. The van der Waals surface area contributed by atoms with E-state index in [1.165, 1.54) is 9.88 Å². The Balaban J connectivity index is 1.95. The van der Waals surface area contributed by atoms with Crippen molar-refractivity contribution in [1.82, 2.24) is 4.98 Å². The lowest BCUT2D eigenvalue weighted by Crippen LogP contribution is -2.09. The van der Waals surface area contributed by atoms with Gasteiger partial charge in [-0.15, -0.1) is 11.3 Å². The van der Waals surface area contributed by atoms with E-state index in [-0.39, 0.29) is 5.41 Å².